The second kappa shape index (κ2) is 2.91. The third kappa shape index (κ3) is 1.98. The van der Waals surface area contributed by atoms with Crippen molar-refractivity contribution in [2.24, 2.45) is 11.7 Å². The highest BCUT2D eigenvalue weighted by molar-refractivity contribution is 4.92. The van der Waals surface area contributed by atoms with Gasteiger partial charge in [-0.05, 0) is 38.0 Å². The Labute approximate surface area is 64.0 Å². The molecule has 0 aromatic rings. The van der Waals surface area contributed by atoms with Crippen molar-refractivity contribution in [3.05, 3.63) is 0 Å². The minimum absolute atomic E-state index is 0.254. The molecule has 0 aromatic heterocycles. The summed E-state index contributed by atoms with van der Waals surface area (Å²) in [5.74, 6) is 0.820. The van der Waals surface area contributed by atoms with Gasteiger partial charge >= 0.3 is 0 Å². The zero-order valence-corrected chi connectivity index (χ0v) is 7.19. The van der Waals surface area contributed by atoms with Crippen LogP contribution in [-0.2, 0) is 0 Å². The molecule has 0 aliphatic heterocycles. The van der Waals surface area contributed by atoms with Gasteiger partial charge in [0, 0.05) is 5.54 Å². The predicted molar refractivity (Wildman–Crippen MR) is 44.8 cm³/mol. The van der Waals surface area contributed by atoms with Crippen molar-refractivity contribution in [3.63, 3.8) is 0 Å². The summed E-state index contributed by atoms with van der Waals surface area (Å²) in [6, 6.07) is 0. The Hall–Kier alpha value is -0.0400. The Kier molecular flexibility index (Phi) is 2.35. The molecule has 1 nitrogen and oxygen atoms in total. The van der Waals surface area contributed by atoms with Crippen molar-refractivity contribution >= 4 is 0 Å². The summed E-state index contributed by atoms with van der Waals surface area (Å²) >= 11 is 0. The van der Waals surface area contributed by atoms with Crippen molar-refractivity contribution in [2.45, 2.75) is 51.5 Å². The van der Waals surface area contributed by atoms with E-state index in [0.717, 1.165) is 5.92 Å². The lowest BCUT2D eigenvalue weighted by molar-refractivity contribution is 0.217. The molecule has 0 atom stereocenters. The number of hydrogen-bond donors (Lipinski definition) is 1. The van der Waals surface area contributed by atoms with E-state index < -0.39 is 0 Å². The van der Waals surface area contributed by atoms with Gasteiger partial charge in [-0.25, -0.2) is 0 Å². The Bertz CT molecular complexity index is 103. The van der Waals surface area contributed by atoms with Crippen LogP contribution in [0.15, 0.2) is 0 Å². The van der Waals surface area contributed by atoms with E-state index in [1.165, 1.54) is 32.1 Å². The van der Waals surface area contributed by atoms with Crippen molar-refractivity contribution < 1.29 is 0 Å². The average molecular weight is 141 g/mol. The lowest BCUT2D eigenvalue weighted by Gasteiger charge is -2.38. The fraction of sp³-hybridized carbons (Fsp3) is 1.00. The number of hydrogen-bond acceptors (Lipinski definition) is 1. The van der Waals surface area contributed by atoms with E-state index in [0.29, 0.717) is 0 Å². The van der Waals surface area contributed by atoms with E-state index in [1.54, 1.807) is 0 Å². The zero-order valence-electron chi connectivity index (χ0n) is 7.19. The van der Waals surface area contributed by atoms with Gasteiger partial charge in [0.25, 0.3) is 0 Å². The molecule has 0 spiro atoms. The molecule has 0 radical (unpaired) electrons. The minimum atomic E-state index is 0.254. The highest BCUT2D eigenvalue weighted by Crippen LogP contribution is 2.33. The molecule has 1 saturated carbocycles. The van der Waals surface area contributed by atoms with Crippen LogP contribution >= 0.6 is 0 Å². The summed E-state index contributed by atoms with van der Waals surface area (Å²) in [7, 11) is 0. The highest BCUT2D eigenvalue weighted by Gasteiger charge is 2.31. The van der Waals surface area contributed by atoms with Crippen molar-refractivity contribution in [3.8, 4) is 0 Å². The van der Waals surface area contributed by atoms with Gasteiger partial charge in [0.1, 0.15) is 0 Å². The monoisotopic (exact) mass is 141 g/mol. The quantitative estimate of drug-likeness (QED) is 0.641. The van der Waals surface area contributed by atoms with Crippen LogP contribution in [0.4, 0.5) is 0 Å². The molecule has 0 saturated heterocycles. The number of rotatable bonds is 3. The van der Waals surface area contributed by atoms with Crippen LogP contribution in [0.3, 0.4) is 0 Å². The molecule has 1 rings (SSSR count). The van der Waals surface area contributed by atoms with Crippen LogP contribution in [0.25, 0.3) is 0 Å². The molecule has 1 aliphatic carbocycles. The van der Waals surface area contributed by atoms with Crippen molar-refractivity contribution in [1.29, 1.82) is 0 Å². The first-order valence-electron chi connectivity index (χ1n) is 4.41. The molecule has 0 unspecified atom stereocenters. The molecule has 0 bridgehead atoms. The van der Waals surface area contributed by atoms with E-state index in [2.05, 4.69) is 13.8 Å². The fourth-order valence-corrected chi connectivity index (χ4v) is 1.46. The molecule has 10 heavy (non-hydrogen) atoms. The second-order valence-corrected chi connectivity index (χ2v) is 4.15. The summed E-state index contributed by atoms with van der Waals surface area (Å²) in [6.45, 7) is 4.53. The van der Waals surface area contributed by atoms with Gasteiger partial charge in [-0.1, -0.05) is 13.8 Å². The van der Waals surface area contributed by atoms with Crippen molar-refractivity contribution in [1.82, 2.24) is 0 Å². The molecular formula is C9H19N. The maximum Gasteiger partial charge on any atom is 0.0154 e. The van der Waals surface area contributed by atoms with E-state index in [9.17, 15) is 0 Å². The average Bonchev–Trinajstić information content (AvgIpc) is 1.79. The smallest absolute Gasteiger partial charge is 0.0154 e. The Morgan fingerprint density at radius 1 is 1.40 bits per heavy atom. The van der Waals surface area contributed by atoms with Crippen LogP contribution in [0.2, 0.25) is 0 Å². The molecular weight excluding hydrogens is 122 g/mol. The molecule has 0 amide bonds. The van der Waals surface area contributed by atoms with Crippen LogP contribution in [0.5, 0.6) is 0 Å². The van der Waals surface area contributed by atoms with Crippen LogP contribution < -0.4 is 5.73 Å². The first-order valence-corrected chi connectivity index (χ1v) is 4.41. The summed E-state index contributed by atoms with van der Waals surface area (Å²) in [5, 5.41) is 0. The van der Waals surface area contributed by atoms with Gasteiger partial charge in [-0.3, -0.25) is 0 Å². The van der Waals surface area contributed by atoms with Gasteiger partial charge in [0.2, 0.25) is 0 Å². The maximum absolute atomic E-state index is 6.05. The first kappa shape index (κ1) is 8.06. The van der Waals surface area contributed by atoms with Gasteiger partial charge in [-0.15, -0.1) is 0 Å². The van der Waals surface area contributed by atoms with Gasteiger partial charge < -0.3 is 5.73 Å². The molecule has 0 heterocycles. The molecule has 1 heteroatoms. The van der Waals surface area contributed by atoms with E-state index in [1.807, 2.05) is 0 Å². The van der Waals surface area contributed by atoms with Gasteiger partial charge in [-0.2, -0.15) is 0 Å². The predicted octanol–water partition coefficient (Wildman–Crippen LogP) is 2.30. The minimum Gasteiger partial charge on any atom is -0.325 e. The zero-order chi connectivity index (χ0) is 7.61. The third-order valence-electron chi connectivity index (χ3n) is 2.57. The Morgan fingerprint density at radius 3 is 2.30 bits per heavy atom. The Morgan fingerprint density at radius 2 is 2.00 bits per heavy atom. The SMILES string of the molecule is CC(C)CCC1(N)CCC1. The summed E-state index contributed by atoms with van der Waals surface area (Å²) in [6.07, 6.45) is 6.43. The highest BCUT2D eigenvalue weighted by atomic mass is 14.8. The first-order chi connectivity index (χ1) is 4.62. The van der Waals surface area contributed by atoms with Gasteiger partial charge in [0.15, 0.2) is 0 Å². The van der Waals surface area contributed by atoms with Crippen molar-refractivity contribution in [2.75, 3.05) is 0 Å². The molecule has 0 aromatic carbocycles. The van der Waals surface area contributed by atoms with Gasteiger partial charge in [0.05, 0.1) is 0 Å². The van der Waals surface area contributed by atoms with Crippen LogP contribution in [0.1, 0.15) is 46.0 Å². The number of nitrogens with two attached hydrogens (primary N) is 1. The fourth-order valence-electron chi connectivity index (χ4n) is 1.46. The molecule has 1 fully saturated rings. The molecule has 2 N–H and O–H groups in total. The Balaban J connectivity index is 2.12. The van der Waals surface area contributed by atoms with Crippen LogP contribution in [-0.4, -0.2) is 5.54 Å². The summed E-state index contributed by atoms with van der Waals surface area (Å²) < 4.78 is 0. The summed E-state index contributed by atoms with van der Waals surface area (Å²) in [4.78, 5) is 0. The molecule has 1 aliphatic rings. The topological polar surface area (TPSA) is 26.0 Å². The van der Waals surface area contributed by atoms with E-state index >= 15 is 0 Å². The lowest BCUT2D eigenvalue weighted by atomic mass is 9.74. The van der Waals surface area contributed by atoms with E-state index in [-0.39, 0.29) is 5.54 Å². The van der Waals surface area contributed by atoms with Crippen LogP contribution in [0, 0.1) is 5.92 Å². The molecule has 60 valence electrons. The standard InChI is InChI=1S/C9H19N/c1-8(2)4-7-9(10)5-3-6-9/h8H,3-7,10H2,1-2H3. The normalized spacial score (nSPS) is 22.8. The second-order valence-electron chi connectivity index (χ2n) is 4.15. The maximum atomic E-state index is 6.05. The van der Waals surface area contributed by atoms with E-state index in [4.69, 9.17) is 5.73 Å². The largest absolute Gasteiger partial charge is 0.325 e. The summed E-state index contributed by atoms with van der Waals surface area (Å²) in [5.41, 5.74) is 6.31. The lowest BCUT2D eigenvalue weighted by Crippen LogP contribution is -2.46. The third-order valence-corrected chi connectivity index (χ3v) is 2.57.